The van der Waals surface area contributed by atoms with Crippen LogP contribution in [0.1, 0.15) is 50.2 Å². The Bertz CT molecular complexity index is 689. The number of carbonyl (C=O) groups is 1. The van der Waals surface area contributed by atoms with Crippen molar-refractivity contribution >= 4 is 15.2 Å². The molecule has 152 valence electrons. The fourth-order valence-corrected chi connectivity index (χ4v) is 4.91. The summed E-state index contributed by atoms with van der Waals surface area (Å²) in [6, 6.07) is 8.25. The third-order valence-electron chi connectivity index (χ3n) is 6.26. The predicted molar refractivity (Wildman–Crippen MR) is 116 cm³/mol. The van der Waals surface area contributed by atoms with E-state index < -0.39 is 6.17 Å². The quantitative estimate of drug-likeness (QED) is 0.225. The van der Waals surface area contributed by atoms with Gasteiger partial charge in [-0.25, -0.2) is 4.39 Å². The van der Waals surface area contributed by atoms with Crippen molar-refractivity contribution < 1.29 is 13.7 Å². The molecule has 3 unspecified atom stereocenters. The van der Waals surface area contributed by atoms with E-state index >= 15 is 0 Å². The second kappa shape index (κ2) is 10.5. The molecule has 1 aromatic carbocycles. The highest BCUT2D eigenvalue weighted by Gasteiger charge is 2.42. The van der Waals surface area contributed by atoms with Crippen molar-refractivity contribution in [1.82, 2.24) is 0 Å². The molecule has 0 N–H and O–H groups in total. The lowest BCUT2D eigenvalue weighted by molar-refractivity contribution is -0.117. The summed E-state index contributed by atoms with van der Waals surface area (Å²) in [7, 11) is 2.29. The van der Waals surface area contributed by atoms with E-state index in [2.05, 4.69) is 40.7 Å². The van der Waals surface area contributed by atoms with Gasteiger partial charge in [0.25, 0.3) is 0 Å². The zero-order valence-corrected chi connectivity index (χ0v) is 17.9. The van der Waals surface area contributed by atoms with Gasteiger partial charge in [0.1, 0.15) is 6.17 Å². The molecule has 0 saturated heterocycles. The minimum Gasteiger partial charge on any atom is -0.362 e. The Labute approximate surface area is 170 Å². The van der Waals surface area contributed by atoms with Crippen molar-refractivity contribution in [1.29, 1.82) is 0 Å². The van der Waals surface area contributed by atoms with Crippen molar-refractivity contribution in [3.8, 4) is 0 Å². The van der Waals surface area contributed by atoms with Gasteiger partial charge in [0.15, 0.2) is 5.78 Å². The molecule has 0 aromatic heterocycles. The van der Waals surface area contributed by atoms with Gasteiger partial charge in [-0.05, 0) is 48.8 Å². The first-order valence-corrected chi connectivity index (χ1v) is 11.0. The molecule has 0 heterocycles. The first-order valence-electron chi connectivity index (χ1n) is 10.6. The predicted octanol–water partition coefficient (Wildman–Crippen LogP) is 5.81. The molecular formula is C24H32FO2P. The second-order valence-corrected chi connectivity index (χ2v) is 8.42. The van der Waals surface area contributed by atoms with Crippen LogP contribution in [-0.4, -0.2) is 18.1 Å². The Balaban J connectivity index is 1.61. The number of alkyl halides is 1. The number of benzene rings is 1. The molecule has 1 fully saturated rings. The zero-order chi connectivity index (χ0) is 19.9. The topological polar surface area (TPSA) is 26.3 Å². The van der Waals surface area contributed by atoms with Crippen LogP contribution in [0.15, 0.2) is 48.6 Å². The Morgan fingerprint density at radius 3 is 2.61 bits per heavy atom. The van der Waals surface area contributed by atoms with E-state index in [1.165, 1.54) is 24.0 Å². The summed E-state index contributed by atoms with van der Waals surface area (Å²) in [4.78, 5) is 12.7. The smallest absolute Gasteiger partial charge is 0.159 e. The minimum absolute atomic E-state index is 0.00529. The number of allylic oxidation sites excluding steroid dienone is 4. The highest BCUT2D eigenvalue weighted by atomic mass is 31.0. The van der Waals surface area contributed by atoms with Gasteiger partial charge in [-0.2, -0.15) is 0 Å². The first-order chi connectivity index (χ1) is 13.6. The van der Waals surface area contributed by atoms with E-state index in [1.807, 2.05) is 18.2 Å². The maximum absolute atomic E-state index is 14.7. The fourth-order valence-electron chi connectivity index (χ4n) is 4.59. The Kier molecular flexibility index (Phi) is 8.00. The van der Waals surface area contributed by atoms with Gasteiger partial charge >= 0.3 is 0 Å². The van der Waals surface area contributed by atoms with Crippen molar-refractivity contribution in [3.63, 3.8) is 0 Å². The van der Waals surface area contributed by atoms with E-state index in [4.69, 9.17) is 4.52 Å². The molecule has 4 heteroatoms. The van der Waals surface area contributed by atoms with Gasteiger partial charge in [-0.15, -0.1) is 0 Å². The largest absolute Gasteiger partial charge is 0.362 e. The average molecular weight is 402 g/mol. The maximum atomic E-state index is 14.7. The Hall–Kier alpha value is -1.31. The van der Waals surface area contributed by atoms with E-state index in [-0.39, 0.29) is 29.6 Å². The van der Waals surface area contributed by atoms with Gasteiger partial charge in [0.2, 0.25) is 0 Å². The summed E-state index contributed by atoms with van der Waals surface area (Å²) in [5.41, 5.74) is 2.54. The van der Waals surface area contributed by atoms with Crippen LogP contribution in [0.3, 0.4) is 0 Å². The molecule has 2 nitrogen and oxygen atoms in total. The van der Waals surface area contributed by atoms with Crippen molar-refractivity contribution in [2.24, 2.45) is 17.8 Å². The first kappa shape index (κ1) is 21.4. The molecular weight excluding hydrogens is 370 g/mol. The van der Waals surface area contributed by atoms with Crippen LogP contribution in [0.5, 0.6) is 0 Å². The molecule has 2 aliphatic rings. The van der Waals surface area contributed by atoms with E-state index in [1.54, 1.807) is 6.08 Å². The number of unbranched alkanes of at least 4 members (excludes halogenated alkanes) is 2. The van der Waals surface area contributed by atoms with Gasteiger partial charge in [-0.3, -0.25) is 4.79 Å². The molecule has 0 aliphatic heterocycles. The molecule has 28 heavy (non-hydrogen) atoms. The van der Waals surface area contributed by atoms with E-state index in [9.17, 15) is 9.18 Å². The van der Waals surface area contributed by atoms with Crippen LogP contribution in [-0.2, 0) is 22.2 Å². The lowest BCUT2D eigenvalue weighted by atomic mass is 9.89. The van der Waals surface area contributed by atoms with Crippen LogP contribution in [0.25, 0.3) is 0 Å². The van der Waals surface area contributed by atoms with Crippen molar-refractivity contribution in [2.45, 2.75) is 64.1 Å². The van der Waals surface area contributed by atoms with Gasteiger partial charge in [0, 0.05) is 27.7 Å². The number of hydrogen-bond donors (Lipinski definition) is 0. The molecule has 3 rings (SSSR count). The lowest BCUT2D eigenvalue weighted by Crippen LogP contribution is -2.20. The lowest BCUT2D eigenvalue weighted by Gasteiger charge is -2.20. The van der Waals surface area contributed by atoms with Crippen LogP contribution in [0, 0.1) is 17.8 Å². The number of rotatable bonds is 9. The zero-order valence-electron chi connectivity index (χ0n) is 16.7. The molecule has 0 bridgehead atoms. The fraction of sp³-hybridized carbons (Fsp3) is 0.542. The Morgan fingerprint density at radius 2 is 1.96 bits per heavy atom. The normalized spacial score (nSPS) is 27.8. The highest BCUT2D eigenvalue weighted by molar-refractivity contribution is 7.09. The molecule has 2 aliphatic carbocycles. The Morgan fingerprint density at radius 1 is 1.25 bits per heavy atom. The van der Waals surface area contributed by atoms with Crippen molar-refractivity contribution in [3.05, 3.63) is 59.7 Å². The molecule has 5 atom stereocenters. The molecule has 1 aromatic rings. The third kappa shape index (κ3) is 5.19. The van der Waals surface area contributed by atoms with Crippen LogP contribution in [0.2, 0.25) is 0 Å². The summed E-state index contributed by atoms with van der Waals surface area (Å²) >= 11 is 0. The summed E-state index contributed by atoms with van der Waals surface area (Å²) in [6.45, 7) is 2.18. The molecule has 0 radical (unpaired) electrons. The summed E-state index contributed by atoms with van der Waals surface area (Å²) < 4.78 is 20.1. The number of halogens is 1. The standard InChI is InChI=1S/C24H32FO2P/c1-2-3-4-5-6-11-21-20(22(25)16-24(21)27-28)12-13-23(26)19-14-17-9-7-8-10-18(17)15-19/h5-10,12-13,19-22,24H,2-4,11,14-16,28H2,1H3/b6-5-,13-12+/t20-,21-,22?,24?/m1/s1. The summed E-state index contributed by atoms with van der Waals surface area (Å²) in [5.74, 6) is -0.0607. The number of hydrogen-bond acceptors (Lipinski definition) is 2. The van der Waals surface area contributed by atoms with Crippen molar-refractivity contribution in [2.75, 3.05) is 0 Å². The number of carbonyl (C=O) groups excluding carboxylic acids is 1. The third-order valence-corrected chi connectivity index (χ3v) is 6.61. The van der Waals surface area contributed by atoms with Gasteiger partial charge in [0.05, 0.1) is 6.10 Å². The average Bonchev–Trinajstić information content (AvgIpc) is 3.27. The number of fused-ring (bicyclic) bond motifs is 1. The van der Waals surface area contributed by atoms with Gasteiger partial charge in [-0.1, -0.05) is 62.3 Å². The summed E-state index contributed by atoms with van der Waals surface area (Å²) in [6.07, 6.45) is 13.0. The second-order valence-electron chi connectivity index (χ2n) is 8.15. The maximum Gasteiger partial charge on any atom is 0.159 e. The molecule has 0 spiro atoms. The number of ketones is 1. The monoisotopic (exact) mass is 402 g/mol. The minimum atomic E-state index is -0.954. The highest BCUT2D eigenvalue weighted by Crippen LogP contribution is 2.41. The van der Waals surface area contributed by atoms with Crippen LogP contribution >= 0.6 is 9.47 Å². The van der Waals surface area contributed by atoms with Crippen LogP contribution in [0.4, 0.5) is 4.39 Å². The molecule has 1 saturated carbocycles. The van der Waals surface area contributed by atoms with E-state index in [0.29, 0.717) is 6.42 Å². The summed E-state index contributed by atoms with van der Waals surface area (Å²) in [5, 5.41) is 0. The molecule has 0 amide bonds. The SMILES string of the molecule is CCCC/C=C\C[C@H]1C(OP)CC(F)[C@@H]1/C=C/C(=O)C1Cc2ccccc2C1. The van der Waals surface area contributed by atoms with E-state index in [0.717, 1.165) is 25.7 Å². The van der Waals surface area contributed by atoms with Gasteiger partial charge < -0.3 is 4.52 Å². The van der Waals surface area contributed by atoms with Crippen LogP contribution < -0.4 is 0 Å².